The van der Waals surface area contributed by atoms with E-state index in [1.165, 1.54) is 11.1 Å². The average Bonchev–Trinajstić information content (AvgIpc) is 2.64. The monoisotopic (exact) mass is 289 g/mol. The smallest absolute Gasteiger partial charge is 0.137 e. The Bertz CT molecular complexity index is 490. The Morgan fingerprint density at radius 1 is 1.29 bits per heavy atom. The lowest BCUT2D eigenvalue weighted by atomic mass is 9.81. The van der Waals surface area contributed by atoms with Crippen LogP contribution in [0, 0.1) is 0 Å². The number of hydrogen-bond acceptors (Lipinski definition) is 3. The van der Waals surface area contributed by atoms with E-state index in [1.54, 1.807) is 0 Å². The number of carbonyl (C=O) groups is 1. The van der Waals surface area contributed by atoms with Gasteiger partial charge in [0.05, 0.1) is 17.2 Å². The van der Waals surface area contributed by atoms with Crippen molar-refractivity contribution in [1.29, 1.82) is 0 Å². The second-order valence-corrected chi connectivity index (χ2v) is 7.20. The van der Waals surface area contributed by atoms with E-state index in [9.17, 15) is 4.79 Å². The van der Waals surface area contributed by atoms with E-state index < -0.39 is 0 Å². The van der Waals surface area contributed by atoms with Crippen molar-refractivity contribution in [2.24, 2.45) is 0 Å². The molecule has 1 N–H and O–H groups in total. The molecular weight excluding hydrogens is 262 g/mol. The number of hydrogen-bond donors (Lipinski definition) is 1. The maximum Gasteiger partial charge on any atom is 0.137 e. The summed E-state index contributed by atoms with van der Waals surface area (Å²) in [6.07, 6.45) is 2.73. The fourth-order valence-corrected chi connectivity index (χ4v) is 3.44. The molecule has 0 amide bonds. The molecule has 0 aliphatic carbocycles. The van der Waals surface area contributed by atoms with Crippen molar-refractivity contribution in [2.75, 3.05) is 7.05 Å². The third kappa shape index (κ3) is 3.72. The van der Waals surface area contributed by atoms with Crippen LogP contribution in [0.1, 0.15) is 51.2 Å². The maximum absolute atomic E-state index is 10.9. The van der Waals surface area contributed by atoms with Gasteiger partial charge in [-0.2, -0.15) is 0 Å². The third-order valence-corrected chi connectivity index (χ3v) is 4.45. The molecule has 0 bridgehead atoms. The predicted molar refractivity (Wildman–Crippen MR) is 85.7 cm³/mol. The summed E-state index contributed by atoms with van der Waals surface area (Å²) in [5.74, 6) is 0.410. The number of likely N-dealkylation sites (N-methyl/N-ethyl adjacent to an activating group) is 1. The van der Waals surface area contributed by atoms with Gasteiger partial charge in [-0.25, -0.2) is 0 Å². The van der Waals surface area contributed by atoms with Crippen LogP contribution < -0.4 is 5.32 Å². The zero-order valence-corrected chi connectivity index (χ0v) is 13.8. The molecule has 1 heterocycles. The highest BCUT2D eigenvalue weighted by Gasteiger charge is 2.46. The van der Waals surface area contributed by atoms with Gasteiger partial charge in [-0.05, 0) is 58.7 Å². The predicted octanol–water partition coefficient (Wildman–Crippen LogP) is 3.08. The van der Waals surface area contributed by atoms with Crippen LogP contribution in [0.4, 0.5) is 0 Å². The molecular formula is C18H27NO2. The van der Waals surface area contributed by atoms with Gasteiger partial charge in [-0.3, -0.25) is 0 Å². The van der Waals surface area contributed by atoms with Gasteiger partial charge in [0.25, 0.3) is 0 Å². The van der Waals surface area contributed by atoms with Crippen LogP contribution in [0.25, 0.3) is 0 Å². The summed E-state index contributed by atoms with van der Waals surface area (Å²) < 4.78 is 6.18. The molecule has 21 heavy (non-hydrogen) atoms. The van der Waals surface area contributed by atoms with Gasteiger partial charge >= 0.3 is 0 Å². The third-order valence-electron chi connectivity index (χ3n) is 4.45. The zero-order valence-electron chi connectivity index (χ0n) is 13.8. The molecule has 0 saturated carbocycles. The lowest BCUT2D eigenvalue weighted by molar-refractivity contribution is -0.109. The second kappa shape index (κ2) is 5.90. The lowest BCUT2D eigenvalue weighted by Crippen LogP contribution is -2.29. The summed E-state index contributed by atoms with van der Waals surface area (Å²) in [6, 6.07) is 8.52. The maximum atomic E-state index is 10.9. The number of benzene rings is 1. The highest BCUT2D eigenvalue weighted by Crippen LogP contribution is 2.47. The first-order chi connectivity index (χ1) is 9.77. The Kier molecular flexibility index (Phi) is 4.54. The van der Waals surface area contributed by atoms with Crippen molar-refractivity contribution in [3.05, 3.63) is 35.4 Å². The van der Waals surface area contributed by atoms with Gasteiger partial charge in [-0.15, -0.1) is 0 Å². The fraction of sp³-hybridized carbons (Fsp3) is 0.611. The van der Waals surface area contributed by atoms with Crippen LogP contribution in [0.3, 0.4) is 0 Å². The van der Waals surface area contributed by atoms with Gasteiger partial charge in [0, 0.05) is 5.92 Å². The first-order valence-corrected chi connectivity index (χ1v) is 7.69. The topological polar surface area (TPSA) is 38.3 Å². The number of nitrogens with one attached hydrogen (secondary N) is 1. The summed E-state index contributed by atoms with van der Waals surface area (Å²) in [5, 5.41) is 3.01. The van der Waals surface area contributed by atoms with E-state index >= 15 is 0 Å². The van der Waals surface area contributed by atoms with Gasteiger partial charge in [0.1, 0.15) is 6.29 Å². The summed E-state index contributed by atoms with van der Waals surface area (Å²) in [7, 11) is 1.81. The van der Waals surface area contributed by atoms with Crippen LogP contribution in [0.2, 0.25) is 0 Å². The Balaban J connectivity index is 2.14. The largest absolute Gasteiger partial charge is 0.369 e. The van der Waals surface area contributed by atoms with Crippen LogP contribution in [-0.4, -0.2) is 30.6 Å². The molecule has 3 heteroatoms. The number of rotatable bonds is 5. The highest BCUT2D eigenvalue weighted by atomic mass is 16.5. The molecule has 0 spiro atoms. The van der Waals surface area contributed by atoms with Crippen molar-refractivity contribution in [1.82, 2.24) is 5.32 Å². The molecule has 0 radical (unpaired) electrons. The van der Waals surface area contributed by atoms with Gasteiger partial charge in [0.15, 0.2) is 0 Å². The van der Waals surface area contributed by atoms with Crippen molar-refractivity contribution < 1.29 is 9.53 Å². The Hall–Kier alpha value is -1.19. The van der Waals surface area contributed by atoms with E-state index in [1.807, 2.05) is 7.05 Å². The molecule has 1 aliphatic rings. The fourth-order valence-electron chi connectivity index (χ4n) is 3.44. The summed E-state index contributed by atoms with van der Waals surface area (Å²) in [6.45, 7) is 8.66. The van der Waals surface area contributed by atoms with Gasteiger partial charge in [0.2, 0.25) is 0 Å². The molecule has 2 rings (SSSR count). The highest BCUT2D eigenvalue weighted by molar-refractivity contribution is 5.58. The molecule has 2 atom stereocenters. The van der Waals surface area contributed by atoms with E-state index in [-0.39, 0.29) is 17.2 Å². The van der Waals surface area contributed by atoms with E-state index in [4.69, 9.17) is 4.74 Å². The first kappa shape index (κ1) is 16.2. The van der Waals surface area contributed by atoms with Crippen LogP contribution in [-0.2, 0) is 16.0 Å². The Morgan fingerprint density at radius 3 is 2.33 bits per heavy atom. The number of ether oxygens (including phenoxy) is 1. The minimum atomic E-state index is -0.138. The quantitative estimate of drug-likeness (QED) is 0.847. The molecule has 1 aromatic rings. The summed E-state index contributed by atoms with van der Waals surface area (Å²) in [4.78, 5) is 10.9. The SMILES string of the molecule is CN[C@H](C=O)Cc1ccc(C2CC(C)(C)OC2(C)C)cc1. The molecule has 116 valence electrons. The van der Waals surface area contributed by atoms with Crippen molar-refractivity contribution in [3.8, 4) is 0 Å². The number of aldehydes is 1. The van der Waals surface area contributed by atoms with Crippen molar-refractivity contribution in [3.63, 3.8) is 0 Å². The normalized spacial score (nSPS) is 24.7. The van der Waals surface area contributed by atoms with Crippen LogP contribution in [0.15, 0.2) is 24.3 Å². The molecule has 1 aromatic carbocycles. The minimum Gasteiger partial charge on any atom is -0.369 e. The second-order valence-electron chi connectivity index (χ2n) is 7.20. The van der Waals surface area contributed by atoms with Crippen LogP contribution >= 0.6 is 0 Å². The molecule has 1 aliphatic heterocycles. The van der Waals surface area contributed by atoms with E-state index in [0.717, 1.165) is 19.1 Å². The Morgan fingerprint density at radius 2 is 1.90 bits per heavy atom. The van der Waals surface area contributed by atoms with Crippen molar-refractivity contribution >= 4 is 6.29 Å². The minimum absolute atomic E-state index is 0.0679. The molecule has 3 nitrogen and oxygen atoms in total. The van der Waals surface area contributed by atoms with Gasteiger partial charge in [-0.1, -0.05) is 24.3 Å². The average molecular weight is 289 g/mol. The zero-order chi connectivity index (χ0) is 15.7. The summed E-state index contributed by atoms with van der Waals surface area (Å²) >= 11 is 0. The number of carbonyl (C=O) groups excluding carboxylic acids is 1. The van der Waals surface area contributed by atoms with E-state index in [2.05, 4.69) is 57.3 Å². The van der Waals surface area contributed by atoms with Gasteiger partial charge < -0.3 is 14.8 Å². The van der Waals surface area contributed by atoms with Crippen molar-refractivity contribution in [2.45, 2.75) is 63.7 Å². The molecule has 0 aromatic heterocycles. The standard InChI is InChI=1S/C18H27NO2/c1-17(2)11-16(18(3,4)21-17)14-8-6-13(7-9-14)10-15(12-20)19-5/h6-9,12,15-16,19H,10-11H2,1-5H3/t15-,16?/m0/s1. The molecule has 1 unspecified atom stereocenters. The first-order valence-electron chi connectivity index (χ1n) is 7.69. The summed E-state index contributed by atoms with van der Waals surface area (Å²) in [5.41, 5.74) is 2.30. The molecule has 1 fully saturated rings. The van der Waals surface area contributed by atoms with Crippen LogP contribution in [0.5, 0.6) is 0 Å². The lowest BCUT2D eigenvalue weighted by Gasteiger charge is -2.27. The molecule has 1 saturated heterocycles. The van der Waals surface area contributed by atoms with E-state index in [0.29, 0.717) is 5.92 Å². The Labute approximate surface area is 128 Å².